The number of aromatic nitrogens is 4. The molecule has 96 valence electrons. The SMILES string of the molecule is Cc1ncsc1Cn1cncc1-c1ccc(N)nc1. The van der Waals surface area contributed by atoms with E-state index in [-0.39, 0.29) is 0 Å². The van der Waals surface area contributed by atoms with Crippen LogP contribution >= 0.6 is 11.3 Å². The van der Waals surface area contributed by atoms with Crippen molar-refractivity contribution in [3.63, 3.8) is 0 Å². The van der Waals surface area contributed by atoms with E-state index in [1.54, 1.807) is 23.6 Å². The van der Waals surface area contributed by atoms with Crippen molar-refractivity contribution >= 4 is 17.2 Å². The van der Waals surface area contributed by atoms with E-state index in [2.05, 4.69) is 19.5 Å². The number of nitrogen functional groups attached to an aromatic ring is 1. The minimum absolute atomic E-state index is 0.521. The van der Waals surface area contributed by atoms with E-state index >= 15 is 0 Å². The van der Waals surface area contributed by atoms with Crippen LogP contribution in [0.1, 0.15) is 10.6 Å². The molecule has 3 aromatic heterocycles. The van der Waals surface area contributed by atoms with E-state index < -0.39 is 0 Å². The van der Waals surface area contributed by atoms with Gasteiger partial charge in [-0.15, -0.1) is 11.3 Å². The molecule has 0 aliphatic rings. The lowest BCUT2D eigenvalue weighted by atomic mass is 10.2. The third-order valence-electron chi connectivity index (χ3n) is 2.95. The Balaban J connectivity index is 1.94. The van der Waals surface area contributed by atoms with E-state index in [0.29, 0.717) is 5.82 Å². The maximum absolute atomic E-state index is 5.61. The normalized spacial score (nSPS) is 10.8. The highest BCUT2D eigenvalue weighted by molar-refractivity contribution is 7.09. The summed E-state index contributed by atoms with van der Waals surface area (Å²) in [6, 6.07) is 3.75. The molecule has 0 unspecified atom stereocenters. The summed E-state index contributed by atoms with van der Waals surface area (Å²) in [5.41, 5.74) is 10.6. The number of imidazole rings is 1. The van der Waals surface area contributed by atoms with Crippen molar-refractivity contribution in [3.05, 3.63) is 46.9 Å². The lowest BCUT2D eigenvalue weighted by Crippen LogP contribution is -2.00. The van der Waals surface area contributed by atoms with Crippen LogP contribution in [-0.4, -0.2) is 19.5 Å². The van der Waals surface area contributed by atoms with Crippen molar-refractivity contribution < 1.29 is 0 Å². The zero-order valence-electron chi connectivity index (χ0n) is 10.4. The number of aryl methyl sites for hydroxylation is 1. The zero-order valence-corrected chi connectivity index (χ0v) is 11.3. The van der Waals surface area contributed by atoms with Gasteiger partial charge in [0.1, 0.15) is 5.82 Å². The monoisotopic (exact) mass is 271 g/mol. The fourth-order valence-corrected chi connectivity index (χ4v) is 2.65. The topological polar surface area (TPSA) is 69.6 Å². The Hall–Kier alpha value is -2.21. The summed E-state index contributed by atoms with van der Waals surface area (Å²) in [5, 5.41) is 0. The number of thiazole rings is 1. The average Bonchev–Trinajstić information content (AvgIpc) is 3.01. The molecule has 6 heteroatoms. The minimum atomic E-state index is 0.521. The third-order valence-corrected chi connectivity index (χ3v) is 3.87. The van der Waals surface area contributed by atoms with E-state index in [4.69, 9.17) is 5.73 Å². The molecule has 0 bridgehead atoms. The largest absolute Gasteiger partial charge is 0.384 e. The fraction of sp³-hybridized carbons (Fsp3) is 0.154. The molecule has 19 heavy (non-hydrogen) atoms. The van der Waals surface area contributed by atoms with Gasteiger partial charge in [-0.05, 0) is 19.1 Å². The maximum Gasteiger partial charge on any atom is 0.123 e. The van der Waals surface area contributed by atoms with Gasteiger partial charge in [0, 0.05) is 16.6 Å². The standard InChI is InChI=1S/C13H13N5S/c1-9-12(19-8-17-9)6-18-7-15-5-11(18)10-2-3-13(14)16-4-10/h2-5,7-8H,6H2,1H3,(H2,14,16). The van der Waals surface area contributed by atoms with Gasteiger partial charge in [-0.25, -0.2) is 15.0 Å². The number of pyridine rings is 1. The van der Waals surface area contributed by atoms with Crippen LogP contribution in [0.4, 0.5) is 5.82 Å². The van der Waals surface area contributed by atoms with Crippen LogP contribution in [0.2, 0.25) is 0 Å². The van der Waals surface area contributed by atoms with Crippen LogP contribution in [-0.2, 0) is 6.54 Å². The Morgan fingerprint density at radius 3 is 2.84 bits per heavy atom. The lowest BCUT2D eigenvalue weighted by Gasteiger charge is -2.07. The van der Waals surface area contributed by atoms with E-state index in [1.165, 1.54) is 4.88 Å². The molecule has 0 amide bonds. The summed E-state index contributed by atoms with van der Waals surface area (Å²) in [5.74, 6) is 0.521. The number of hydrogen-bond acceptors (Lipinski definition) is 5. The third kappa shape index (κ3) is 2.34. The summed E-state index contributed by atoms with van der Waals surface area (Å²) in [7, 11) is 0. The number of hydrogen-bond donors (Lipinski definition) is 1. The van der Waals surface area contributed by atoms with E-state index in [0.717, 1.165) is 23.5 Å². The predicted molar refractivity (Wildman–Crippen MR) is 75.8 cm³/mol. The zero-order chi connectivity index (χ0) is 13.2. The van der Waals surface area contributed by atoms with Crippen LogP contribution in [0.3, 0.4) is 0 Å². The fourth-order valence-electron chi connectivity index (χ4n) is 1.88. The predicted octanol–water partition coefficient (Wildman–Crippen LogP) is 2.34. The van der Waals surface area contributed by atoms with Gasteiger partial charge < -0.3 is 10.3 Å². The summed E-state index contributed by atoms with van der Waals surface area (Å²) in [6.07, 6.45) is 5.43. The highest BCUT2D eigenvalue weighted by atomic mass is 32.1. The average molecular weight is 271 g/mol. The second kappa shape index (κ2) is 4.81. The molecule has 0 atom stereocenters. The smallest absolute Gasteiger partial charge is 0.123 e. The van der Waals surface area contributed by atoms with Gasteiger partial charge in [-0.2, -0.15) is 0 Å². The summed E-state index contributed by atoms with van der Waals surface area (Å²) < 4.78 is 2.09. The van der Waals surface area contributed by atoms with Gasteiger partial charge in [0.2, 0.25) is 0 Å². The van der Waals surface area contributed by atoms with E-state index in [9.17, 15) is 0 Å². The quantitative estimate of drug-likeness (QED) is 0.793. The van der Waals surface area contributed by atoms with Gasteiger partial charge in [0.05, 0.1) is 36.0 Å². The molecular formula is C13H13N5S. The number of nitrogens with two attached hydrogens (primary N) is 1. The van der Waals surface area contributed by atoms with Crippen molar-refractivity contribution in [3.8, 4) is 11.3 Å². The number of rotatable bonds is 3. The highest BCUT2D eigenvalue weighted by Gasteiger charge is 2.08. The maximum atomic E-state index is 5.61. The first-order valence-corrected chi connectivity index (χ1v) is 6.73. The van der Waals surface area contributed by atoms with Crippen molar-refractivity contribution in [1.29, 1.82) is 0 Å². The second-order valence-corrected chi connectivity index (χ2v) is 5.18. The van der Waals surface area contributed by atoms with Gasteiger partial charge in [-0.3, -0.25) is 0 Å². The van der Waals surface area contributed by atoms with Gasteiger partial charge >= 0.3 is 0 Å². The molecule has 3 aromatic rings. The van der Waals surface area contributed by atoms with Crippen molar-refractivity contribution in [2.24, 2.45) is 0 Å². The molecular weight excluding hydrogens is 258 g/mol. The molecule has 2 N–H and O–H groups in total. The van der Waals surface area contributed by atoms with Crippen LogP contribution < -0.4 is 5.73 Å². The lowest BCUT2D eigenvalue weighted by molar-refractivity contribution is 0.809. The summed E-state index contributed by atoms with van der Waals surface area (Å²) >= 11 is 1.66. The first-order chi connectivity index (χ1) is 9.24. The summed E-state index contributed by atoms with van der Waals surface area (Å²) in [6.45, 7) is 2.80. The molecule has 5 nitrogen and oxygen atoms in total. The molecule has 3 heterocycles. The molecule has 0 aromatic carbocycles. The van der Waals surface area contributed by atoms with Gasteiger partial charge in [0.25, 0.3) is 0 Å². The van der Waals surface area contributed by atoms with Crippen molar-refractivity contribution in [2.45, 2.75) is 13.5 Å². The van der Waals surface area contributed by atoms with Crippen LogP contribution in [0.5, 0.6) is 0 Å². The van der Waals surface area contributed by atoms with Crippen molar-refractivity contribution in [2.75, 3.05) is 5.73 Å². The molecule has 0 spiro atoms. The van der Waals surface area contributed by atoms with E-state index in [1.807, 2.05) is 31.0 Å². The Labute approximate surface area is 114 Å². The molecule has 0 radical (unpaired) electrons. The van der Waals surface area contributed by atoms with Crippen molar-refractivity contribution in [1.82, 2.24) is 19.5 Å². The molecule has 3 rings (SSSR count). The Morgan fingerprint density at radius 1 is 1.26 bits per heavy atom. The van der Waals surface area contributed by atoms with Gasteiger partial charge in [0.15, 0.2) is 0 Å². The molecule has 0 fully saturated rings. The highest BCUT2D eigenvalue weighted by Crippen LogP contribution is 2.21. The number of anilines is 1. The molecule has 0 saturated heterocycles. The molecule has 0 saturated carbocycles. The Morgan fingerprint density at radius 2 is 2.16 bits per heavy atom. The second-order valence-electron chi connectivity index (χ2n) is 4.24. The number of nitrogens with zero attached hydrogens (tertiary/aromatic N) is 4. The van der Waals surface area contributed by atoms with Crippen LogP contribution in [0.15, 0.2) is 36.4 Å². The minimum Gasteiger partial charge on any atom is -0.384 e. The molecule has 0 aliphatic heterocycles. The Kier molecular flexibility index (Phi) is 3.00. The Bertz CT molecular complexity index is 683. The van der Waals surface area contributed by atoms with Gasteiger partial charge in [-0.1, -0.05) is 0 Å². The first-order valence-electron chi connectivity index (χ1n) is 5.85. The molecule has 0 aliphatic carbocycles. The summed E-state index contributed by atoms with van der Waals surface area (Å²) in [4.78, 5) is 13.8. The van der Waals surface area contributed by atoms with Crippen LogP contribution in [0, 0.1) is 6.92 Å². The first kappa shape index (κ1) is 11.9. The van der Waals surface area contributed by atoms with Crippen LogP contribution in [0.25, 0.3) is 11.3 Å².